The van der Waals surface area contributed by atoms with Crippen molar-refractivity contribution in [3.05, 3.63) is 69.8 Å². The van der Waals surface area contributed by atoms with Crippen LogP contribution in [0.5, 0.6) is 0 Å². The highest BCUT2D eigenvalue weighted by molar-refractivity contribution is 5.35. The standard InChI is InChI=1S/C18H23N/c1-12-5-6-15(4)17(10-12)18(19)11-16-8-13(2)7-14(3)9-16/h5-10,18H,11,19H2,1-4H3. The van der Waals surface area contributed by atoms with Gasteiger partial charge in [-0.05, 0) is 50.8 Å². The molecule has 1 nitrogen and oxygen atoms in total. The zero-order valence-electron chi connectivity index (χ0n) is 12.3. The van der Waals surface area contributed by atoms with Crippen molar-refractivity contribution >= 4 is 0 Å². The average Bonchev–Trinajstić information content (AvgIpc) is 2.30. The smallest absolute Gasteiger partial charge is 0.0338 e. The summed E-state index contributed by atoms with van der Waals surface area (Å²) in [4.78, 5) is 0. The minimum Gasteiger partial charge on any atom is -0.324 e. The highest BCUT2D eigenvalue weighted by Crippen LogP contribution is 2.22. The monoisotopic (exact) mass is 253 g/mol. The van der Waals surface area contributed by atoms with Crippen LogP contribution in [0, 0.1) is 27.7 Å². The lowest BCUT2D eigenvalue weighted by Crippen LogP contribution is -2.15. The van der Waals surface area contributed by atoms with Crippen molar-refractivity contribution in [1.82, 2.24) is 0 Å². The van der Waals surface area contributed by atoms with Crippen molar-refractivity contribution < 1.29 is 0 Å². The van der Waals surface area contributed by atoms with Gasteiger partial charge in [0.2, 0.25) is 0 Å². The molecule has 1 atom stereocenters. The van der Waals surface area contributed by atoms with Gasteiger partial charge in [-0.25, -0.2) is 0 Å². The number of nitrogens with two attached hydrogens (primary N) is 1. The lowest BCUT2D eigenvalue weighted by Gasteiger charge is -2.16. The van der Waals surface area contributed by atoms with Crippen molar-refractivity contribution in [2.24, 2.45) is 5.73 Å². The Bertz CT molecular complexity index is 564. The van der Waals surface area contributed by atoms with Crippen LogP contribution >= 0.6 is 0 Å². The first-order valence-electron chi connectivity index (χ1n) is 6.85. The van der Waals surface area contributed by atoms with Crippen LogP contribution in [0.3, 0.4) is 0 Å². The van der Waals surface area contributed by atoms with Gasteiger partial charge in [0.05, 0.1) is 0 Å². The molecule has 0 saturated heterocycles. The molecule has 0 spiro atoms. The van der Waals surface area contributed by atoms with Gasteiger partial charge in [0, 0.05) is 6.04 Å². The summed E-state index contributed by atoms with van der Waals surface area (Å²) in [5, 5.41) is 0. The summed E-state index contributed by atoms with van der Waals surface area (Å²) in [5.41, 5.74) is 14.2. The third-order valence-electron chi connectivity index (χ3n) is 3.57. The summed E-state index contributed by atoms with van der Waals surface area (Å²) in [6.07, 6.45) is 0.896. The van der Waals surface area contributed by atoms with E-state index < -0.39 is 0 Å². The molecule has 0 amide bonds. The fourth-order valence-corrected chi connectivity index (χ4v) is 2.71. The minimum absolute atomic E-state index is 0.0705. The largest absolute Gasteiger partial charge is 0.324 e. The van der Waals surface area contributed by atoms with Gasteiger partial charge in [-0.3, -0.25) is 0 Å². The molecule has 0 aromatic heterocycles. The molecule has 1 unspecified atom stereocenters. The molecular weight excluding hydrogens is 230 g/mol. The van der Waals surface area contributed by atoms with E-state index in [2.05, 4.69) is 64.1 Å². The fraction of sp³-hybridized carbons (Fsp3) is 0.333. The molecule has 2 N–H and O–H groups in total. The summed E-state index contributed by atoms with van der Waals surface area (Å²) in [6.45, 7) is 8.53. The zero-order valence-corrected chi connectivity index (χ0v) is 12.3. The van der Waals surface area contributed by atoms with Crippen LogP contribution in [0.25, 0.3) is 0 Å². The van der Waals surface area contributed by atoms with Crippen molar-refractivity contribution in [2.45, 2.75) is 40.2 Å². The molecule has 0 aliphatic rings. The molecule has 2 rings (SSSR count). The fourth-order valence-electron chi connectivity index (χ4n) is 2.71. The van der Waals surface area contributed by atoms with E-state index in [0.717, 1.165) is 6.42 Å². The Morgan fingerprint density at radius 1 is 0.842 bits per heavy atom. The topological polar surface area (TPSA) is 26.0 Å². The molecule has 0 heterocycles. The predicted octanol–water partition coefficient (Wildman–Crippen LogP) is 4.16. The van der Waals surface area contributed by atoms with Gasteiger partial charge < -0.3 is 5.73 Å². The molecule has 2 aromatic carbocycles. The molecule has 2 aromatic rings. The van der Waals surface area contributed by atoms with Gasteiger partial charge in [-0.1, -0.05) is 53.1 Å². The van der Waals surface area contributed by atoms with Crippen LogP contribution in [0.2, 0.25) is 0 Å². The first-order valence-corrected chi connectivity index (χ1v) is 6.85. The Hall–Kier alpha value is -1.60. The normalized spacial score (nSPS) is 12.5. The number of hydrogen-bond donors (Lipinski definition) is 1. The second-order valence-corrected chi connectivity index (χ2v) is 5.67. The number of rotatable bonds is 3. The zero-order chi connectivity index (χ0) is 14.0. The molecule has 1 heteroatoms. The van der Waals surface area contributed by atoms with E-state index in [9.17, 15) is 0 Å². The second kappa shape index (κ2) is 5.58. The van der Waals surface area contributed by atoms with E-state index in [1.165, 1.54) is 33.4 Å². The summed E-state index contributed by atoms with van der Waals surface area (Å²) >= 11 is 0. The van der Waals surface area contributed by atoms with Crippen molar-refractivity contribution in [3.63, 3.8) is 0 Å². The summed E-state index contributed by atoms with van der Waals surface area (Å²) in [7, 11) is 0. The Morgan fingerprint density at radius 2 is 1.47 bits per heavy atom. The summed E-state index contributed by atoms with van der Waals surface area (Å²) in [5.74, 6) is 0. The predicted molar refractivity (Wildman–Crippen MR) is 82.5 cm³/mol. The van der Waals surface area contributed by atoms with Gasteiger partial charge in [-0.15, -0.1) is 0 Å². The maximum absolute atomic E-state index is 6.40. The number of benzene rings is 2. The van der Waals surface area contributed by atoms with Crippen LogP contribution in [-0.4, -0.2) is 0 Å². The molecule has 0 bridgehead atoms. The molecule has 0 fully saturated rings. The molecule has 0 saturated carbocycles. The maximum Gasteiger partial charge on any atom is 0.0338 e. The van der Waals surface area contributed by atoms with Gasteiger partial charge in [0.25, 0.3) is 0 Å². The molecule has 0 radical (unpaired) electrons. The number of aryl methyl sites for hydroxylation is 4. The first kappa shape index (κ1) is 13.8. The van der Waals surface area contributed by atoms with Crippen LogP contribution in [-0.2, 0) is 6.42 Å². The second-order valence-electron chi connectivity index (χ2n) is 5.67. The number of hydrogen-bond acceptors (Lipinski definition) is 1. The average molecular weight is 253 g/mol. The SMILES string of the molecule is Cc1cc(C)cc(CC(N)c2cc(C)ccc2C)c1. The van der Waals surface area contributed by atoms with Crippen LogP contribution in [0.1, 0.15) is 39.4 Å². The van der Waals surface area contributed by atoms with Gasteiger partial charge in [-0.2, -0.15) is 0 Å². The molecule has 100 valence electrons. The van der Waals surface area contributed by atoms with Crippen molar-refractivity contribution in [2.75, 3.05) is 0 Å². The van der Waals surface area contributed by atoms with E-state index in [0.29, 0.717) is 0 Å². The van der Waals surface area contributed by atoms with E-state index in [-0.39, 0.29) is 6.04 Å². The van der Waals surface area contributed by atoms with Crippen molar-refractivity contribution in [1.29, 1.82) is 0 Å². The van der Waals surface area contributed by atoms with Gasteiger partial charge >= 0.3 is 0 Å². The van der Waals surface area contributed by atoms with E-state index in [1.807, 2.05) is 0 Å². The maximum atomic E-state index is 6.40. The third-order valence-corrected chi connectivity index (χ3v) is 3.57. The van der Waals surface area contributed by atoms with Gasteiger partial charge in [0.15, 0.2) is 0 Å². The highest BCUT2D eigenvalue weighted by Gasteiger charge is 2.10. The summed E-state index contributed by atoms with van der Waals surface area (Å²) in [6, 6.07) is 13.3. The Kier molecular flexibility index (Phi) is 4.06. The lowest BCUT2D eigenvalue weighted by molar-refractivity contribution is 0.715. The van der Waals surface area contributed by atoms with E-state index >= 15 is 0 Å². The third kappa shape index (κ3) is 3.45. The molecule has 0 aliphatic heterocycles. The Morgan fingerprint density at radius 3 is 2.11 bits per heavy atom. The highest BCUT2D eigenvalue weighted by atomic mass is 14.6. The van der Waals surface area contributed by atoms with Crippen LogP contribution < -0.4 is 5.73 Å². The molecule has 0 aliphatic carbocycles. The Balaban J connectivity index is 2.25. The van der Waals surface area contributed by atoms with Crippen LogP contribution in [0.15, 0.2) is 36.4 Å². The molecular formula is C18H23N. The van der Waals surface area contributed by atoms with Gasteiger partial charge in [0.1, 0.15) is 0 Å². The van der Waals surface area contributed by atoms with E-state index in [4.69, 9.17) is 5.73 Å². The minimum atomic E-state index is 0.0705. The van der Waals surface area contributed by atoms with Crippen molar-refractivity contribution in [3.8, 4) is 0 Å². The summed E-state index contributed by atoms with van der Waals surface area (Å²) < 4.78 is 0. The first-order chi connectivity index (χ1) is 8.95. The lowest BCUT2D eigenvalue weighted by atomic mass is 9.93. The quantitative estimate of drug-likeness (QED) is 0.873. The van der Waals surface area contributed by atoms with E-state index in [1.54, 1.807) is 0 Å². The Labute approximate surface area is 116 Å². The molecule has 19 heavy (non-hydrogen) atoms. The van der Waals surface area contributed by atoms with Crippen LogP contribution in [0.4, 0.5) is 0 Å².